The highest BCUT2D eigenvalue weighted by atomic mass is 16.5. The lowest BCUT2D eigenvalue weighted by atomic mass is 9.81. The van der Waals surface area contributed by atoms with Gasteiger partial charge in [-0.05, 0) is 68.0 Å². The average molecular weight is 463 g/mol. The number of aryl methyl sites for hydroxylation is 1. The Balaban J connectivity index is 1.54. The quantitative estimate of drug-likeness (QED) is 0.325. The summed E-state index contributed by atoms with van der Waals surface area (Å²) in [5.41, 5.74) is 5.07. The van der Waals surface area contributed by atoms with E-state index >= 15 is 0 Å². The zero-order chi connectivity index (χ0) is 23.6. The second-order valence-electron chi connectivity index (χ2n) is 9.89. The summed E-state index contributed by atoms with van der Waals surface area (Å²) in [6, 6.07) is 19.6. The lowest BCUT2D eigenvalue weighted by molar-refractivity contribution is 0.122. The molecule has 174 valence electrons. The molecule has 5 aromatic rings. The molecule has 0 radical (unpaired) electrons. The molecule has 6 heteroatoms. The number of fused-ring (bicyclic) bond motifs is 1. The van der Waals surface area contributed by atoms with Crippen LogP contribution in [0.25, 0.3) is 22.2 Å². The van der Waals surface area contributed by atoms with Crippen LogP contribution in [0.1, 0.15) is 71.6 Å². The van der Waals surface area contributed by atoms with Crippen molar-refractivity contribution < 1.29 is 9.63 Å². The molecule has 2 N–H and O–H groups in total. The van der Waals surface area contributed by atoms with Crippen LogP contribution in [0.5, 0.6) is 0 Å². The maximum absolute atomic E-state index is 12.6. The highest BCUT2D eigenvalue weighted by Gasteiger charge is 2.40. The minimum Gasteiger partial charge on any atom is -0.374 e. The summed E-state index contributed by atoms with van der Waals surface area (Å²) >= 11 is 0. The third-order valence-corrected chi connectivity index (χ3v) is 7.31. The van der Waals surface area contributed by atoms with Crippen LogP contribution in [-0.2, 0) is 5.60 Å². The highest BCUT2D eigenvalue weighted by Crippen LogP contribution is 2.48. The molecule has 0 spiro atoms. The van der Waals surface area contributed by atoms with Gasteiger partial charge in [0.05, 0.1) is 22.4 Å². The molecule has 2 aromatic carbocycles. The Morgan fingerprint density at radius 3 is 2.46 bits per heavy atom. The largest absolute Gasteiger partial charge is 0.374 e. The first-order valence-corrected chi connectivity index (χ1v) is 12.3. The van der Waals surface area contributed by atoms with Crippen molar-refractivity contribution in [2.45, 2.75) is 50.0 Å². The van der Waals surface area contributed by atoms with E-state index in [2.05, 4.69) is 27.3 Å². The molecule has 0 amide bonds. The molecule has 3 heterocycles. The van der Waals surface area contributed by atoms with E-state index < -0.39 is 5.60 Å². The zero-order valence-corrected chi connectivity index (χ0v) is 19.5. The summed E-state index contributed by atoms with van der Waals surface area (Å²) in [7, 11) is 0. The van der Waals surface area contributed by atoms with Crippen molar-refractivity contribution in [3.63, 3.8) is 0 Å². The third-order valence-electron chi connectivity index (χ3n) is 7.31. The number of rotatable bonds is 6. The van der Waals surface area contributed by atoms with Crippen molar-refractivity contribution >= 4 is 11.0 Å². The number of nitrogens with zero attached hydrogens (tertiary/aromatic N) is 3. The second kappa shape index (κ2) is 7.62. The van der Waals surface area contributed by atoms with Gasteiger partial charge in [0.2, 0.25) is 0 Å². The first-order chi connectivity index (χ1) is 17.1. The van der Waals surface area contributed by atoms with Gasteiger partial charge in [0, 0.05) is 29.2 Å². The number of aromatic amines is 1. The van der Waals surface area contributed by atoms with Crippen molar-refractivity contribution in [2.75, 3.05) is 0 Å². The van der Waals surface area contributed by atoms with Crippen molar-refractivity contribution in [2.24, 2.45) is 0 Å². The van der Waals surface area contributed by atoms with Crippen molar-refractivity contribution in [3.05, 3.63) is 101 Å². The van der Waals surface area contributed by atoms with Crippen LogP contribution in [0.2, 0.25) is 0 Å². The lowest BCUT2D eigenvalue weighted by Gasteiger charge is -2.29. The number of hydrogen-bond donors (Lipinski definition) is 2. The number of pyridine rings is 1. The van der Waals surface area contributed by atoms with Gasteiger partial charge in [-0.25, -0.2) is 4.98 Å². The van der Waals surface area contributed by atoms with E-state index in [1.807, 2.05) is 55.5 Å². The van der Waals surface area contributed by atoms with Crippen LogP contribution < -0.4 is 0 Å². The number of hydrogen-bond acceptors (Lipinski definition) is 5. The monoisotopic (exact) mass is 462 g/mol. The molecule has 35 heavy (non-hydrogen) atoms. The van der Waals surface area contributed by atoms with Crippen LogP contribution in [-0.4, -0.2) is 25.2 Å². The Morgan fingerprint density at radius 1 is 0.971 bits per heavy atom. The van der Waals surface area contributed by atoms with E-state index in [4.69, 9.17) is 9.51 Å². The van der Waals surface area contributed by atoms with E-state index in [0.29, 0.717) is 23.1 Å². The molecular formula is C29H26N4O2. The summed E-state index contributed by atoms with van der Waals surface area (Å²) in [6.45, 7) is 1.99. The molecule has 2 aliphatic rings. The predicted octanol–water partition coefficient (Wildman–Crippen LogP) is 5.96. The maximum Gasteiger partial charge on any atom is 0.159 e. The van der Waals surface area contributed by atoms with E-state index in [0.717, 1.165) is 70.7 Å². The normalized spacial score (nSPS) is 17.5. The maximum atomic E-state index is 12.6. The van der Waals surface area contributed by atoms with Crippen LogP contribution in [0.15, 0.2) is 71.4 Å². The average Bonchev–Trinajstić information content (AvgIpc) is 3.84. The van der Waals surface area contributed by atoms with Crippen LogP contribution >= 0.6 is 0 Å². The molecule has 0 bridgehead atoms. The first-order valence-electron chi connectivity index (χ1n) is 12.3. The summed E-state index contributed by atoms with van der Waals surface area (Å²) in [5, 5.41) is 16.9. The number of imidazole rings is 1. The molecule has 2 saturated carbocycles. The molecule has 2 aliphatic carbocycles. The minimum absolute atomic E-state index is 0.415. The van der Waals surface area contributed by atoms with Gasteiger partial charge >= 0.3 is 0 Å². The van der Waals surface area contributed by atoms with Gasteiger partial charge in [0.15, 0.2) is 5.60 Å². The summed E-state index contributed by atoms with van der Waals surface area (Å²) in [4.78, 5) is 13.2. The fourth-order valence-corrected chi connectivity index (χ4v) is 5.17. The lowest BCUT2D eigenvalue weighted by Crippen LogP contribution is -2.30. The number of aromatic nitrogens is 4. The second-order valence-corrected chi connectivity index (χ2v) is 9.89. The Kier molecular flexibility index (Phi) is 4.48. The number of nitrogens with one attached hydrogen (secondary N) is 1. The van der Waals surface area contributed by atoms with Crippen molar-refractivity contribution in [1.82, 2.24) is 20.1 Å². The van der Waals surface area contributed by atoms with Gasteiger partial charge in [0.25, 0.3) is 0 Å². The Labute approximate surface area is 203 Å². The third kappa shape index (κ3) is 3.32. The molecule has 0 aliphatic heterocycles. The molecule has 7 rings (SSSR count). The van der Waals surface area contributed by atoms with E-state index in [9.17, 15) is 5.11 Å². The van der Waals surface area contributed by atoms with Gasteiger partial charge in [-0.3, -0.25) is 4.98 Å². The molecule has 6 nitrogen and oxygen atoms in total. The zero-order valence-electron chi connectivity index (χ0n) is 19.5. The molecule has 0 saturated heterocycles. The van der Waals surface area contributed by atoms with Crippen LogP contribution in [0.3, 0.4) is 0 Å². The molecule has 1 unspecified atom stereocenters. The van der Waals surface area contributed by atoms with Crippen molar-refractivity contribution in [1.29, 1.82) is 0 Å². The summed E-state index contributed by atoms with van der Waals surface area (Å²) < 4.78 is 5.78. The Morgan fingerprint density at radius 2 is 1.74 bits per heavy atom. The molecule has 1 atom stereocenters. The molecule has 3 aromatic heterocycles. The first kappa shape index (κ1) is 20.6. The summed E-state index contributed by atoms with van der Waals surface area (Å²) in [6.07, 6.45) is 6.24. The highest BCUT2D eigenvalue weighted by molar-refractivity contribution is 5.88. The smallest absolute Gasteiger partial charge is 0.159 e. The summed E-state index contributed by atoms with van der Waals surface area (Å²) in [5.74, 6) is 2.80. The fraction of sp³-hybridized carbons (Fsp3) is 0.276. The molecular weight excluding hydrogens is 436 g/mol. The van der Waals surface area contributed by atoms with Crippen molar-refractivity contribution in [3.8, 4) is 11.1 Å². The van der Waals surface area contributed by atoms with Gasteiger partial charge in [-0.15, -0.1) is 0 Å². The fourth-order valence-electron chi connectivity index (χ4n) is 5.17. The standard InChI is InChI=1S/C29H26N4O2/c1-17-25(27(35-33-17)18-10-11-18)20-15-22(26-23(16-20)31-28(32-26)19-12-13-19)29(34,21-7-3-2-4-8-21)24-9-5-6-14-30-24/h2-9,14-16,18-19,34H,10-13H2,1H3,(H,31,32). The minimum atomic E-state index is -1.49. The number of H-pyrrole nitrogens is 1. The Hall–Kier alpha value is -3.77. The SMILES string of the molecule is Cc1noc(C2CC2)c1-c1cc(C(O)(c2ccccc2)c2ccccn2)c2nc(C3CC3)[nH]c2c1. The topological polar surface area (TPSA) is 87.8 Å². The van der Waals surface area contributed by atoms with E-state index in [-0.39, 0.29) is 0 Å². The predicted molar refractivity (Wildman–Crippen MR) is 133 cm³/mol. The van der Waals surface area contributed by atoms with E-state index in [1.165, 1.54) is 0 Å². The van der Waals surface area contributed by atoms with E-state index in [1.54, 1.807) is 6.20 Å². The van der Waals surface area contributed by atoms with Gasteiger partial charge in [-0.2, -0.15) is 0 Å². The Bertz CT molecular complexity index is 1490. The van der Waals surface area contributed by atoms with Crippen LogP contribution in [0.4, 0.5) is 0 Å². The van der Waals surface area contributed by atoms with Gasteiger partial charge in [0.1, 0.15) is 11.6 Å². The molecule has 2 fully saturated rings. The van der Waals surface area contributed by atoms with Gasteiger partial charge in [-0.1, -0.05) is 41.6 Å². The van der Waals surface area contributed by atoms with Gasteiger partial charge < -0.3 is 14.6 Å². The van der Waals surface area contributed by atoms with Crippen LogP contribution in [0, 0.1) is 6.92 Å². The number of benzene rings is 2. The number of aliphatic hydroxyl groups is 1.